The summed E-state index contributed by atoms with van der Waals surface area (Å²) in [7, 11) is 0. The molecule has 10 heteroatoms. The zero-order chi connectivity index (χ0) is 31.3. The van der Waals surface area contributed by atoms with Crippen LogP contribution in [0.4, 0.5) is 4.39 Å². The summed E-state index contributed by atoms with van der Waals surface area (Å²) < 4.78 is 35.5. The van der Waals surface area contributed by atoms with E-state index in [1.807, 2.05) is 31.2 Å². The van der Waals surface area contributed by atoms with Crippen molar-refractivity contribution in [3.05, 3.63) is 99.7 Å². The number of carboxylic acids is 1. The molecule has 0 spiro atoms. The van der Waals surface area contributed by atoms with Crippen LogP contribution in [-0.2, 0) is 23.6 Å². The van der Waals surface area contributed by atoms with E-state index >= 15 is 0 Å². The molecule has 1 aromatic heterocycles. The summed E-state index contributed by atoms with van der Waals surface area (Å²) in [5.41, 5.74) is 4.51. The molecule has 2 saturated heterocycles. The van der Waals surface area contributed by atoms with E-state index in [2.05, 4.69) is 15.5 Å². The van der Waals surface area contributed by atoms with Gasteiger partial charge in [0.1, 0.15) is 11.6 Å². The van der Waals surface area contributed by atoms with Gasteiger partial charge in [0.05, 0.1) is 41.7 Å². The third kappa shape index (κ3) is 5.69. The standard InChI is InChI=1S/C35H35ClFN3O5/c1-21-32(23-6-8-24(9-7-23)34(41)42)40(19-26-14-17-43-26)31(38-21)20-39-15-12-22(13-16-39)27-4-3-5-30-33(27)45-35(2,44-30)28-11-10-25(36)18-29(28)37/h3-11,18,22,26H,12-17,19-20H2,1-2H3,(H,41,42). The average Bonchev–Trinajstić information content (AvgIpc) is 3.50. The number of piperidine rings is 1. The summed E-state index contributed by atoms with van der Waals surface area (Å²) in [5.74, 6) is -0.140. The van der Waals surface area contributed by atoms with E-state index in [0.717, 1.165) is 67.3 Å². The fourth-order valence-electron chi connectivity index (χ4n) is 6.76. The van der Waals surface area contributed by atoms with Crippen molar-refractivity contribution in [3.8, 4) is 22.8 Å². The lowest BCUT2D eigenvalue weighted by Gasteiger charge is -2.33. The number of aryl methyl sites for hydroxylation is 1. The highest BCUT2D eigenvalue weighted by molar-refractivity contribution is 6.30. The van der Waals surface area contributed by atoms with Crippen LogP contribution in [0.15, 0.2) is 60.7 Å². The Morgan fingerprint density at radius 1 is 1.09 bits per heavy atom. The molecule has 8 nitrogen and oxygen atoms in total. The molecular weight excluding hydrogens is 597 g/mol. The number of ether oxygens (including phenoxy) is 3. The van der Waals surface area contributed by atoms with Gasteiger partial charge >= 0.3 is 5.97 Å². The van der Waals surface area contributed by atoms with Crippen LogP contribution in [0.2, 0.25) is 5.02 Å². The fourth-order valence-corrected chi connectivity index (χ4v) is 6.91. The molecule has 234 valence electrons. The van der Waals surface area contributed by atoms with Gasteiger partial charge in [-0.3, -0.25) is 4.90 Å². The van der Waals surface area contributed by atoms with Crippen molar-refractivity contribution < 1.29 is 28.5 Å². The van der Waals surface area contributed by atoms with Crippen LogP contribution in [0.3, 0.4) is 0 Å². The highest BCUT2D eigenvalue weighted by Gasteiger charge is 2.43. The minimum absolute atomic E-state index is 0.148. The number of para-hydroxylation sites is 1. The third-order valence-electron chi connectivity index (χ3n) is 9.23. The second-order valence-corrected chi connectivity index (χ2v) is 12.7. The van der Waals surface area contributed by atoms with E-state index in [4.69, 9.17) is 30.8 Å². The number of nitrogens with zero attached hydrogens (tertiary/aromatic N) is 3. The number of aromatic carboxylic acids is 1. The zero-order valence-electron chi connectivity index (χ0n) is 25.3. The number of fused-ring (bicyclic) bond motifs is 1. The molecule has 4 heterocycles. The fraction of sp³-hybridized carbons (Fsp3) is 0.371. The molecule has 0 aliphatic carbocycles. The van der Waals surface area contributed by atoms with E-state index < -0.39 is 17.6 Å². The van der Waals surface area contributed by atoms with Crippen LogP contribution in [0.25, 0.3) is 11.3 Å². The van der Waals surface area contributed by atoms with Gasteiger partial charge in [-0.25, -0.2) is 14.2 Å². The molecule has 3 aromatic carbocycles. The molecule has 2 fully saturated rings. The smallest absolute Gasteiger partial charge is 0.335 e. The number of hydrogen-bond acceptors (Lipinski definition) is 6. The Hall–Kier alpha value is -3.92. The second-order valence-electron chi connectivity index (χ2n) is 12.2. The van der Waals surface area contributed by atoms with Crippen molar-refractivity contribution >= 4 is 17.6 Å². The Morgan fingerprint density at radius 2 is 1.84 bits per heavy atom. The van der Waals surface area contributed by atoms with E-state index in [-0.39, 0.29) is 17.6 Å². The molecule has 2 atom stereocenters. The topological polar surface area (TPSA) is 86.0 Å². The third-order valence-corrected chi connectivity index (χ3v) is 9.46. The van der Waals surface area contributed by atoms with E-state index in [1.54, 1.807) is 31.2 Å². The van der Waals surface area contributed by atoms with E-state index in [9.17, 15) is 14.3 Å². The Balaban J connectivity index is 1.08. The molecule has 3 aliphatic rings. The Labute approximate surface area is 266 Å². The van der Waals surface area contributed by atoms with Crippen LogP contribution in [0, 0.1) is 12.7 Å². The van der Waals surface area contributed by atoms with E-state index in [1.165, 1.54) is 6.07 Å². The van der Waals surface area contributed by atoms with Crippen LogP contribution >= 0.6 is 11.6 Å². The molecular formula is C35H35ClFN3O5. The summed E-state index contributed by atoms with van der Waals surface area (Å²) in [4.78, 5) is 18.8. The SMILES string of the molecule is Cc1nc(CN2CCC(c3cccc4c3OC(C)(c3ccc(Cl)cc3F)O4)CC2)n(CC2CCO2)c1-c1ccc(C(=O)O)cc1. The van der Waals surface area contributed by atoms with Gasteiger partial charge in [0.2, 0.25) is 0 Å². The summed E-state index contributed by atoms with van der Waals surface area (Å²) in [6.07, 6.45) is 3.02. The molecule has 0 saturated carbocycles. The lowest BCUT2D eigenvalue weighted by Crippen LogP contribution is -2.35. The van der Waals surface area contributed by atoms with Crippen LogP contribution in [0.5, 0.6) is 11.5 Å². The average molecular weight is 632 g/mol. The number of carboxylic acid groups (broad SMARTS) is 1. The maximum atomic E-state index is 14.9. The van der Waals surface area contributed by atoms with Crippen LogP contribution in [0.1, 0.15) is 65.1 Å². The van der Waals surface area contributed by atoms with Crippen molar-refractivity contribution in [2.75, 3.05) is 19.7 Å². The monoisotopic (exact) mass is 631 g/mol. The highest BCUT2D eigenvalue weighted by Crippen LogP contribution is 2.50. The van der Waals surface area contributed by atoms with Crippen LogP contribution < -0.4 is 9.47 Å². The Kier molecular flexibility index (Phi) is 7.79. The first-order valence-corrected chi connectivity index (χ1v) is 15.8. The van der Waals surface area contributed by atoms with Crippen molar-refractivity contribution in [1.82, 2.24) is 14.5 Å². The molecule has 0 bridgehead atoms. The Bertz CT molecular complexity index is 1750. The van der Waals surface area contributed by atoms with Gasteiger partial charge in [-0.2, -0.15) is 0 Å². The number of benzene rings is 3. The van der Waals surface area contributed by atoms with Gasteiger partial charge in [-0.1, -0.05) is 35.9 Å². The number of likely N-dealkylation sites (tertiary alicyclic amines) is 1. The van der Waals surface area contributed by atoms with Gasteiger partial charge < -0.3 is 23.9 Å². The molecule has 0 radical (unpaired) electrons. The molecule has 7 rings (SSSR count). The van der Waals surface area contributed by atoms with Crippen LogP contribution in [-0.4, -0.2) is 51.3 Å². The number of halogens is 2. The number of aromatic nitrogens is 2. The predicted molar refractivity (Wildman–Crippen MR) is 167 cm³/mol. The molecule has 4 aromatic rings. The van der Waals surface area contributed by atoms with Gasteiger partial charge in [0.15, 0.2) is 11.5 Å². The molecule has 0 amide bonds. The van der Waals surface area contributed by atoms with Gasteiger partial charge in [-0.15, -0.1) is 0 Å². The lowest BCUT2D eigenvalue weighted by atomic mass is 9.88. The first kappa shape index (κ1) is 29.8. The van der Waals surface area contributed by atoms with Crippen molar-refractivity contribution in [2.45, 2.75) is 64.0 Å². The first-order valence-electron chi connectivity index (χ1n) is 15.4. The van der Waals surface area contributed by atoms with E-state index in [0.29, 0.717) is 35.2 Å². The molecule has 3 aliphatic heterocycles. The normalized spacial score (nSPS) is 21.6. The molecule has 2 unspecified atom stereocenters. The maximum absolute atomic E-state index is 14.9. The first-order chi connectivity index (χ1) is 21.7. The van der Waals surface area contributed by atoms with Crippen molar-refractivity contribution in [1.29, 1.82) is 0 Å². The number of carbonyl (C=O) groups is 1. The minimum atomic E-state index is -1.28. The lowest BCUT2D eigenvalue weighted by molar-refractivity contribution is -0.0712. The quantitative estimate of drug-likeness (QED) is 0.221. The predicted octanol–water partition coefficient (Wildman–Crippen LogP) is 7.16. The molecule has 1 N–H and O–H groups in total. The molecule has 45 heavy (non-hydrogen) atoms. The maximum Gasteiger partial charge on any atom is 0.335 e. The summed E-state index contributed by atoms with van der Waals surface area (Å²) in [6.45, 7) is 7.70. The number of imidazole rings is 1. The van der Waals surface area contributed by atoms with Gasteiger partial charge in [0.25, 0.3) is 5.79 Å². The largest absolute Gasteiger partial charge is 0.478 e. The van der Waals surface area contributed by atoms with Gasteiger partial charge in [-0.05, 0) is 81.6 Å². The minimum Gasteiger partial charge on any atom is -0.478 e. The summed E-state index contributed by atoms with van der Waals surface area (Å²) >= 11 is 5.98. The second kappa shape index (κ2) is 11.8. The highest BCUT2D eigenvalue weighted by atomic mass is 35.5. The number of rotatable bonds is 8. The van der Waals surface area contributed by atoms with Gasteiger partial charge in [0, 0.05) is 29.7 Å². The Morgan fingerprint density at radius 3 is 2.51 bits per heavy atom. The van der Waals surface area contributed by atoms with Crippen molar-refractivity contribution in [3.63, 3.8) is 0 Å². The summed E-state index contributed by atoms with van der Waals surface area (Å²) in [6, 6.07) is 17.5. The summed E-state index contributed by atoms with van der Waals surface area (Å²) in [5, 5.41) is 9.68. The van der Waals surface area contributed by atoms with Crippen molar-refractivity contribution in [2.24, 2.45) is 0 Å². The number of hydrogen-bond donors (Lipinski definition) is 1. The zero-order valence-corrected chi connectivity index (χ0v) is 26.0.